The van der Waals surface area contributed by atoms with Gasteiger partial charge in [0.2, 0.25) is 5.82 Å². The Morgan fingerprint density at radius 2 is 1.88 bits per heavy atom. The fourth-order valence-electron chi connectivity index (χ4n) is 2.77. The van der Waals surface area contributed by atoms with Crippen LogP contribution in [-0.4, -0.2) is 34.8 Å². The van der Waals surface area contributed by atoms with E-state index in [1.165, 1.54) is 10.1 Å². The first kappa shape index (κ1) is 16.3. The number of fused-ring (bicyclic) bond motifs is 1. The second kappa shape index (κ2) is 6.97. The summed E-state index contributed by atoms with van der Waals surface area (Å²) in [4.78, 5) is 1.11. The number of rotatable bonds is 5. The van der Waals surface area contributed by atoms with E-state index >= 15 is 0 Å². The quantitative estimate of drug-likeness (QED) is 0.579. The van der Waals surface area contributed by atoms with Crippen molar-refractivity contribution in [1.29, 1.82) is 0 Å². The predicted molar refractivity (Wildman–Crippen MR) is 103 cm³/mol. The van der Waals surface area contributed by atoms with E-state index < -0.39 is 0 Å². The molecule has 2 aromatic carbocycles. The molecule has 2 aromatic heterocycles. The minimum atomic E-state index is 0.523. The molecule has 0 saturated heterocycles. The largest absolute Gasteiger partial charge is 0.493 e. The molecule has 0 spiro atoms. The molecule has 0 amide bonds. The lowest BCUT2D eigenvalue weighted by Crippen LogP contribution is -1.95. The summed E-state index contributed by atoms with van der Waals surface area (Å²) >= 11 is 1.72. The normalized spacial score (nSPS) is 11.7. The molecular formula is C19H16N4O2S. The zero-order valence-electron chi connectivity index (χ0n) is 14.3. The Hall–Kier alpha value is -3.19. The molecule has 0 radical (unpaired) electrons. The summed E-state index contributed by atoms with van der Waals surface area (Å²) in [6, 6.07) is 16.2. The van der Waals surface area contributed by atoms with Gasteiger partial charge in [-0.15, -0.1) is 21.5 Å². The number of benzene rings is 2. The second-order valence-corrected chi connectivity index (χ2v) is 6.67. The summed E-state index contributed by atoms with van der Waals surface area (Å²) in [5, 5.41) is 15.7. The molecule has 26 heavy (non-hydrogen) atoms. The third-order valence-electron chi connectivity index (χ3n) is 4.01. The van der Waals surface area contributed by atoms with Crippen LogP contribution in [0.2, 0.25) is 0 Å². The van der Waals surface area contributed by atoms with Gasteiger partial charge in [-0.3, -0.25) is 0 Å². The van der Waals surface area contributed by atoms with Gasteiger partial charge in [-0.1, -0.05) is 24.3 Å². The molecule has 0 unspecified atom stereocenters. The lowest BCUT2D eigenvalue weighted by Gasteiger charge is -2.10. The van der Waals surface area contributed by atoms with Gasteiger partial charge in [0.05, 0.1) is 14.2 Å². The van der Waals surface area contributed by atoms with Crippen LogP contribution in [0.1, 0.15) is 16.3 Å². The molecule has 0 fully saturated rings. The molecule has 0 aliphatic heterocycles. The van der Waals surface area contributed by atoms with Crippen LogP contribution < -0.4 is 9.47 Å². The summed E-state index contributed by atoms with van der Waals surface area (Å²) < 4.78 is 12.0. The highest BCUT2D eigenvalue weighted by Crippen LogP contribution is 2.34. The molecule has 4 rings (SSSR count). The van der Waals surface area contributed by atoms with Gasteiger partial charge in [-0.25, -0.2) is 0 Å². The van der Waals surface area contributed by atoms with E-state index in [9.17, 15) is 0 Å². The lowest BCUT2D eigenvalue weighted by atomic mass is 10.0. The van der Waals surface area contributed by atoms with Crippen molar-refractivity contribution in [3.63, 3.8) is 0 Å². The number of H-pyrrole nitrogens is 1. The van der Waals surface area contributed by atoms with Crippen LogP contribution in [0.15, 0.2) is 48.5 Å². The summed E-state index contributed by atoms with van der Waals surface area (Å²) in [5.41, 5.74) is 1.77. The number of thiophene rings is 1. The van der Waals surface area contributed by atoms with E-state index in [0.29, 0.717) is 17.3 Å². The van der Waals surface area contributed by atoms with Crippen LogP contribution in [0, 0.1) is 0 Å². The number of ether oxygens (including phenoxy) is 2. The second-order valence-electron chi connectivity index (χ2n) is 5.55. The van der Waals surface area contributed by atoms with Gasteiger partial charge in [0.25, 0.3) is 0 Å². The molecule has 2 heterocycles. The van der Waals surface area contributed by atoms with E-state index in [1.54, 1.807) is 25.6 Å². The SMILES string of the molecule is COc1ccc(/C(=C/c2cc3ccccc3s2)c2nn[nH]n2)cc1OC. The van der Waals surface area contributed by atoms with Crippen molar-refractivity contribution in [3.8, 4) is 11.5 Å². The number of hydrogen-bond acceptors (Lipinski definition) is 6. The Labute approximate surface area is 154 Å². The summed E-state index contributed by atoms with van der Waals surface area (Å²) in [6.07, 6.45) is 2.07. The maximum atomic E-state index is 5.43. The van der Waals surface area contributed by atoms with E-state index in [1.807, 2.05) is 30.3 Å². The number of tetrazole rings is 1. The standard InChI is InChI=1S/C19H16N4O2S/c1-24-16-8-7-12(10-17(16)25-2)15(19-20-22-23-21-19)11-14-9-13-5-3-4-6-18(13)26-14/h3-11H,1-2H3,(H,20,21,22,23)/b15-11-. The molecule has 0 aliphatic carbocycles. The van der Waals surface area contributed by atoms with E-state index in [-0.39, 0.29) is 0 Å². The topological polar surface area (TPSA) is 72.9 Å². The first-order valence-electron chi connectivity index (χ1n) is 7.95. The molecule has 0 bridgehead atoms. The van der Waals surface area contributed by atoms with Crippen LogP contribution in [0.4, 0.5) is 0 Å². The Morgan fingerprint density at radius 3 is 2.62 bits per heavy atom. The minimum Gasteiger partial charge on any atom is -0.493 e. The minimum absolute atomic E-state index is 0.523. The number of methoxy groups -OCH3 is 2. The predicted octanol–water partition coefficient (Wildman–Crippen LogP) is 4.02. The zero-order valence-corrected chi connectivity index (χ0v) is 15.1. The molecule has 0 aliphatic rings. The maximum Gasteiger partial charge on any atom is 0.205 e. The maximum absolute atomic E-state index is 5.43. The Balaban J connectivity index is 1.85. The first-order chi connectivity index (χ1) is 12.8. The number of aromatic amines is 1. The van der Waals surface area contributed by atoms with Crippen LogP contribution in [-0.2, 0) is 0 Å². The van der Waals surface area contributed by atoms with Gasteiger partial charge < -0.3 is 9.47 Å². The zero-order chi connectivity index (χ0) is 17.9. The van der Waals surface area contributed by atoms with Gasteiger partial charge in [0.15, 0.2) is 11.5 Å². The Morgan fingerprint density at radius 1 is 1.04 bits per heavy atom. The fraction of sp³-hybridized carbons (Fsp3) is 0.105. The van der Waals surface area contributed by atoms with Gasteiger partial charge in [0.1, 0.15) is 0 Å². The van der Waals surface area contributed by atoms with Crippen LogP contribution in [0.3, 0.4) is 0 Å². The van der Waals surface area contributed by atoms with Gasteiger partial charge in [0, 0.05) is 15.2 Å². The summed E-state index contributed by atoms with van der Waals surface area (Å²) in [5.74, 6) is 1.84. The molecular weight excluding hydrogens is 348 g/mol. The molecule has 4 aromatic rings. The van der Waals surface area contributed by atoms with Crippen molar-refractivity contribution in [1.82, 2.24) is 20.6 Å². The highest BCUT2D eigenvalue weighted by atomic mass is 32.1. The average molecular weight is 364 g/mol. The van der Waals surface area contributed by atoms with Crippen molar-refractivity contribution in [3.05, 3.63) is 64.8 Å². The van der Waals surface area contributed by atoms with Crippen LogP contribution in [0.5, 0.6) is 11.5 Å². The Kier molecular flexibility index (Phi) is 4.37. The summed E-state index contributed by atoms with van der Waals surface area (Å²) in [7, 11) is 3.23. The smallest absolute Gasteiger partial charge is 0.205 e. The first-order valence-corrected chi connectivity index (χ1v) is 8.76. The van der Waals surface area contributed by atoms with E-state index in [2.05, 4.69) is 44.9 Å². The van der Waals surface area contributed by atoms with E-state index in [4.69, 9.17) is 9.47 Å². The van der Waals surface area contributed by atoms with Crippen LogP contribution in [0.25, 0.3) is 21.7 Å². The molecule has 7 heteroatoms. The van der Waals surface area contributed by atoms with Crippen molar-refractivity contribution in [2.45, 2.75) is 0 Å². The average Bonchev–Trinajstić information content (AvgIpc) is 3.34. The highest BCUT2D eigenvalue weighted by molar-refractivity contribution is 7.19. The number of aromatic nitrogens is 4. The van der Waals surface area contributed by atoms with Crippen molar-refractivity contribution in [2.75, 3.05) is 14.2 Å². The third-order valence-corrected chi connectivity index (χ3v) is 5.08. The van der Waals surface area contributed by atoms with Crippen molar-refractivity contribution >= 4 is 33.1 Å². The lowest BCUT2D eigenvalue weighted by molar-refractivity contribution is 0.355. The monoisotopic (exact) mass is 364 g/mol. The van der Waals surface area contributed by atoms with E-state index in [0.717, 1.165) is 16.0 Å². The number of nitrogens with zero attached hydrogens (tertiary/aromatic N) is 3. The number of nitrogens with one attached hydrogen (secondary N) is 1. The Bertz CT molecular complexity index is 1040. The van der Waals surface area contributed by atoms with Crippen molar-refractivity contribution < 1.29 is 9.47 Å². The molecule has 130 valence electrons. The van der Waals surface area contributed by atoms with Gasteiger partial charge in [-0.2, -0.15) is 5.21 Å². The highest BCUT2D eigenvalue weighted by Gasteiger charge is 2.14. The van der Waals surface area contributed by atoms with Gasteiger partial charge in [-0.05, 0) is 46.5 Å². The van der Waals surface area contributed by atoms with Crippen molar-refractivity contribution in [2.24, 2.45) is 0 Å². The van der Waals surface area contributed by atoms with Gasteiger partial charge >= 0.3 is 0 Å². The number of hydrogen-bond donors (Lipinski definition) is 1. The molecule has 1 N–H and O–H groups in total. The molecule has 6 nitrogen and oxygen atoms in total. The molecule has 0 saturated carbocycles. The third kappa shape index (κ3) is 3.04. The fourth-order valence-corrected chi connectivity index (χ4v) is 3.78. The summed E-state index contributed by atoms with van der Waals surface area (Å²) in [6.45, 7) is 0. The molecule has 0 atom stereocenters. The van der Waals surface area contributed by atoms with Crippen LogP contribution >= 0.6 is 11.3 Å².